The highest BCUT2D eigenvalue weighted by molar-refractivity contribution is 5.89. The van der Waals surface area contributed by atoms with E-state index in [2.05, 4.69) is 15.3 Å². The van der Waals surface area contributed by atoms with Crippen molar-refractivity contribution in [3.05, 3.63) is 47.2 Å². The minimum absolute atomic E-state index is 0.0509. The topological polar surface area (TPSA) is 67.3 Å². The van der Waals surface area contributed by atoms with E-state index < -0.39 is 41.1 Å². The van der Waals surface area contributed by atoms with Crippen LogP contribution >= 0.6 is 0 Å². The van der Waals surface area contributed by atoms with Gasteiger partial charge in [-0.2, -0.15) is 18.2 Å². The van der Waals surface area contributed by atoms with Gasteiger partial charge < -0.3 is 10.1 Å². The summed E-state index contributed by atoms with van der Waals surface area (Å²) < 4.78 is 71.6. The highest BCUT2D eigenvalue weighted by Gasteiger charge is 2.55. The molecule has 0 radical (unpaired) electrons. The van der Waals surface area contributed by atoms with E-state index in [1.165, 1.54) is 6.92 Å². The van der Waals surface area contributed by atoms with Gasteiger partial charge in [0, 0.05) is 5.56 Å². The Labute approximate surface area is 161 Å². The zero-order valence-corrected chi connectivity index (χ0v) is 15.1. The molecule has 1 saturated heterocycles. The Balaban J connectivity index is 1.55. The Morgan fingerprint density at radius 3 is 2.55 bits per heavy atom. The number of amides is 1. The molecule has 154 valence electrons. The smallest absolute Gasteiger partial charge is 0.416 e. The summed E-state index contributed by atoms with van der Waals surface area (Å²) in [6.07, 6.45) is -3.14. The van der Waals surface area contributed by atoms with Crippen LogP contribution in [0.2, 0.25) is 0 Å². The first kappa shape index (κ1) is 19.3. The molecule has 1 N–H and O–H groups in total. The number of anilines is 2. The van der Waals surface area contributed by atoms with Crippen LogP contribution in [0.15, 0.2) is 24.4 Å². The number of halogens is 5. The maximum atomic E-state index is 14.2. The maximum Gasteiger partial charge on any atom is 0.416 e. The number of ether oxygens (including phenoxy) is 1. The van der Waals surface area contributed by atoms with Crippen molar-refractivity contribution in [1.29, 1.82) is 0 Å². The van der Waals surface area contributed by atoms with Crippen molar-refractivity contribution in [2.75, 3.05) is 16.8 Å². The number of rotatable bonds is 4. The first-order chi connectivity index (χ1) is 13.6. The zero-order valence-electron chi connectivity index (χ0n) is 15.1. The van der Waals surface area contributed by atoms with E-state index in [-0.39, 0.29) is 23.9 Å². The van der Waals surface area contributed by atoms with Gasteiger partial charge in [-0.3, -0.25) is 4.90 Å². The fraction of sp³-hybridized carbons (Fsp3) is 0.389. The third kappa shape index (κ3) is 3.68. The number of hydrogen-bond acceptors (Lipinski definition) is 5. The molecule has 6 nitrogen and oxygen atoms in total. The van der Waals surface area contributed by atoms with Crippen molar-refractivity contribution in [2.45, 2.75) is 37.6 Å². The van der Waals surface area contributed by atoms with E-state index >= 15 is 0 Å². The summed E-state index contributed by atoms with van der Waals surface area (Å²) in [5, 5.41) is 2.71. The summed E-state index contributed by atoms with van der Waals surface area (Å²) in [6, 6.07) is 1.35. The van der Waals surface area contributed by atoms with Crippen LogP contribution < -0.4 is 10.2 Å². The van der Waals surface area contributed by atoms with Gasteiger partial charge in [-0.05, 0) is 31.9 Å². The number of benzene rings is 1. The highest BCUT2D eigenvalue weighted by Crippen LogP contribution is 2.45. The van der Waals surface area contributed by atoms with Crippen LogP contribution in [0.1, 0.15) is 36.9 Å². The predicted octanol–water partition coefficient (Wildman–Crippen LogP) is 4.44. The van der Waals surface area contributed by atoms with Crippen LogP contribution in [-0.2, 0) is 10.9 Å². The van der Waals surface area contributed by atoms with Crippen molar-refractivity contribution in [2.24, 2.45) is 0 Å². The third-order valence-corrected chi connectivity index (χ3v) is 4.90. The van der Waals surface area contributed by atoms with Gasteiger partial charge in [0.2, 0.25) is 5.95 Å². The second-order valence-corrected chi connectivity index (χ2v) is 7.10. The van der Waals surface area contributed by atoms with Gasteiger partial charge in [0.15, 0.2) is 11.6 Å². The number of hydrogen-bond donors (Lipinski definition) is 1. The van der Waals surface area contributed by atoms with E-state index in [1.54, 1.807) is 0 Å². The standard InChI is InChI=1S/C18H15F5N4O2/c1-9(11-3-2-10(6-12(11)19)18(21,22)23)25-15-24-7-13(20)14(26-15)27-8-17(4-5-17)29-16(27)28/h2-3,6-7,9H,4-5,8H2,1H3,(H,24,25,26). The second kappa shape index (κ2) is 6.53. The van der Waals surface area contributed by atoms with Gasteiger partial charge in [-0.25, -0.2) is 18.6 Å². The molecule has 1 aromatic heterocycles. The molecule has 2 aliphatic rings. The summed E-state index contributed by atoms with van der Waals surface area (Å²) in [6.45, 7) is 1.66. The van der Waals surface area contributed by atoms with Gasteiger partial charge in [0.25, 0.3) is 0 Å². The molecule has 29 heavy (non-hydrogen) atoms. The first-order valence-corrected chi connectivity index (χ1v) is 8.74. The number of nitrogens with one attached hydrogen (secondary N) is 1. The molecule has 4 rings (SSSR count). The number of carbonyl (C=O) groups excluding carboxylic acids is 1. The van der Waals surface area contributed by atoms with Gasteiger partial charge in [-0.1, -0.05) is 6.07 Å². The SMILES string of the molecule is CC(Nc1ncc(F)c(N2CC3(CC3)OC2=O)n1)c1ccc(C(F)(F)F)cc1F. The molecule has 2 fully saturated rings. The molecule has 1 spiro atoms. The lowest BCUT2D eigenvalue weighted by Crippen LogP contribution is -2.27. The van der Waals surface area contributed by atoms with Gasteiger partial charge in [0.1, 0.15) is 11.4 Å². The number of aromatic nitrogens is 2. The van der Waals surface area contributed by atoms with Crippen LogP contribution in [0.3, 0.4) is 0 Å². The minimum Gasteiger partial charge on any atom is -0.441 e. The Bertz CT molecular complexity index is 977. The summed E-state index contributed by atoms with van der Waals surface area (Å²) >= 11 is 0. The molecule has 0 bridgehead atoms. The van der Waals surface area contributed by atoms with E-state index in [4.69, 9.17) is 4.74 Å². The van der Waals surface area contributed by atoms with Crippen LogP contribution in [0.5, 0.6) is 0 Å². The first-order valence-electron chi connectivity index (χ1n) is 8.74. The Kier molecular flexibility index (Phi) is 4.35. The fourth-order valence-electron chi connectivity index (χ4n) is 3.13. The molecule has 1 aliphatic heterocycles. The monoisotopic (exact) mass is 414 g/mol. The van der Waals surface area contributed by atoms with Gasteiger partial charge in [-0.15, -0.1) is 0 Å². The predicted molar refractivity (Wildman–Crippen MR) is 91.2 cm³/mol. The van der Waals surface area contributed by atoms with E-state index in [0.29, 0.717) is 18.9 Å². The average Bonchev–Trinajstić information content (AvgIpc) is 3.30. The molecule has 1 saturated carbocycles. The average molecular weight is 414 g/mol. The van der Waals surface area contributed by atoms with Gasteiger partial charge in [0.05, 0.1) is 24.3 Å². The highest BCUT2D eigenvalue weighted by atomic mass is 19.4. The van der Waals surface area contributed by atoms with Crippen molar-refractivity contribution in [3.63, 3.8) is 0 Å². The quantitative estimate of drug-likeness (QED) is 0.750. The van der Waals surface area contributed by atoms with Gasteiger partial charge >= 0.3 is 12.3 Å². The molecule has 2 heterocycles. The number of carbonyl (C=O) groups is 1. The van der Waals surface area contributed by atoms with Crippen molar-refractivity contribution >= 4 is 17.9 Å². The van der Waals surface area contributed by atoms with Crippen molar-refractivity contribution in [3.8, 4) is 0 Å². The lowest BCUT2D eigenvalue weighted by atomic mass is 10.0. The van der Waals surface area contributed by atoms with E-state index in [0.717, 1.165) is 23.2 Å². The Hall–Kier alpha value is -2.98. The molecule has 11 heteroatoms. The molecule has 1 amide bonds. The normalized spacial score (nSPS) is 18.7. The van der Waals surface area contributed by atoms with Crippen molar-refractivity contribution in [1.82, 2.24) is 9.97 Å². The minimum atomic E-state index is -4.66. The molecule has 1 aliphatic carbocycles. The van der Waals surface area contributed by atoms with E-state index in [1.807, 2.05) is 0 Å². The lowest BCUT2D eigenvalue weighted by Gasteiger charge is -2.18. The largest absolute Gasteiger partial charge is 0.441 e. The summed E-state index contributed by atoms with van der Waals surface area (Å²) in [7, 11) is 0. The summed E-state index contributed by atoms with van der Waals surface area (Å²) in [5.41, 5.74) is -1.74. The van der Waals surface area contributed by atoms with Crippen LogP contribution in [-0.4, -0.2) is 28.2 Å². The van der Waals surface area contributed by atoms with Crippen LogP contribution in [0.25, 0.3) is 0 Å². The van der Waals surface area contributed by atoms with Crippen molar-refractivity contribution < 1.29 is 31.5 Å². The maximum absolute atomic E-state index is 14.2. The number of nitrogens with zero attached hydrogens (tertiary/aromatic N) is 3. The summed E-state index contributed by atoms with van der Waals surface area (Å²) in [4.78, 5) is 20.8. The molecule has 2 aromatic rings. The Morgan fingerprint density at radius 1 is 1.24 bits per heavy atom. The molecule has 1 atom stereocenters. The zero-order chi connectivity index (χ0) is 21.0. The fourth-order valence-corrected chi connectivity index (χ4v) is 3.13. The molecular weight excluding hydrogens is 399 g/mol. The Morgan fingerprint density at radius 2 is 1.97 bits per heavy atom. The lowest BCUT2D eigenvalue weighted by molar-refractivity contribution is -0.137. The van der Waals surface area contributed by atoms with E-state index in [9.17, 15) is 26.7 Å². The molecule has 1 aromatic carbocycles. The van der Waals surface area contributed by atoms with Crippen LogP contribution in [0.4, 0.5) is 38.5 Å². The number of alkyl halides is 3. The van der Waals surface area contributed by atoms with Crippen LogP contribution in [0, 0.1) is 11.6 Å². The molecular formula is C18H15F5N4O2. The second-order valence-electron chi connectivity index (χ2n) is 7.10. The third-order valence-electron chi connectivity index (χ3n) is 4.90. The molecule has 1 unspecified atom stereocenters. The summed E-state index contributed by atoms with van der Waals surface area (Å²) in [5.74, 6) is -2.28.